The first-order chi connectivity index (χ1) is 11.0. The van der Waals surface area contributed by atoms with E-state index in [-0.39, 0.29) is 5.02 Å². The molecule has 1 aliphatic rings. The highest BCUT2D eigenvalue weighted by Crippen LogP contribution is 2.39. The smallest absolute Gasteiger partial charge is 0.177 e. The van der Waals surface area contributed by atoms with E-state index in [9.17, 15) is 8.78 Å². The Kier molecular flexibility index (Phi) is 4.17. The van der Waals surface area contributed by atoms with E-state index in [1.165, 1.54) is 6.07 Å². The molecule has 1 aliphatic heterocycles. The zero-order valence-corrected chi connectivity index (χ0v) is 13.5. The van der Waals surface area contributed by atoms with Crippen molar-refractivity contribution >= 4 is 28.7 Å². The second-order valence-corrected chi connectivity index (χ2v) is 5.69. The fraction of sp³-hybridized carbons (Fsp3) is 0.250. The predicted octanol–water partition coefficient (Wildman–Crippen LogP) is 4.06. The normalized spacial score (nSPS) is 12.8. The van der Waals surface area contributed by atoms with E-state index in [0.29, 0.717) is 18.9 Å². The van der Waals surface area contributed by atoms with Gasteiger partial charge in [-0.3, -0.25) is 0 Å². The Morgan fingerprint density at radius 3 is 2.83 bits per heavy atom. The molecule has 0 saturated carbocycles. The van der Waals surface area contributed by atoms with Crippen LogP contribution >= 0.6 is 11.6 Å². The first-order valence-electron chi connectivity index (χ1n) is 7.04. The Labute approximate surface area is 138 Å². The van der Waals surface area contributed by atoms with E-state index >= 15 is 0 Å². The SMILES string of the molecule is COc1ccc2c(c1CNc1cc(F)c(F)c(Cl)c1)N(C)CN2. The molecule has 0 fully saturated rings. The summed E-state index contributed by atoms with van der Waals surface area (Å²) in [6.45, 7) is 1.09. The van der Waals surface area contributed by atoms with Crippen molar-refractivity contribution in [2.75, 3.05) is 36.4 Å². The van der Waals surface area contributed by atoms with E-state index in [4.69, 9.17) is 16.3 Å². The van der Waals surface area contributed by atoms with E-state index in [1.54, 1.807) is 7.11 Å². The molecule has 2 aromatic rings. The fourth-order valence-corrected chi connectivity index (χ4v) is 2.90. The van der Waals surface area contributed by atoms with Crippen molar-refractivity contribution < 1.29 is 13.5 Å². The lowest BCUT2D eigenvalue weighted by molar-refractivity contribution is 0.410. The lowest BCUT2D eigenvalue weighted by Gasteiger charge is -2.19. The minimum absolute atomic E-state index is 0.253. The van der Waals surface area contributed by atoms with Gasteiger partial charge in [-0.05, 0) is 18.2 Å². The number of nitrogens with one attached hydrogen (secondary N) is 2. The Bertz CT molecular complexity index is 731. The Balaban J connectivity index is 1.90. The summed E-state index contributed by atoms with van der Waals surface area (Å²) in [5.74, 6) is -1.30. The van der Waals surface area contributed by atoms with Crippen molar-refractivity contribution in [3.63, 3.8) is 0 Å². The maximum atomic E-state index is 13.5. The van der Waals surface area contributed by atoms with E-state index in [2.05, 4.69) is 15.5 Å². The number of anilines is 3. The molecule has 7 heteroatoms. The van der Waals surface area contributed by atoms with Crippen molar-refractivity contribution in [3.05, 3.63) is 46.5 Å². The minimum Gasteiger partial charge on any atom is -0.496 e. The third kappa shape index (κ3) is 2.86. The van der Waals surface area contributed by atoms with Crippen LogP contribution in [0, 0.1) is 11.6 Å². The lowest BCUT2D eigenvalue weighted by atomic mass is 10.1. The molecule has 122 valence electrons. The molecular weight excluding hydrogens is 324 g/mol. The number of hydrogen-bond donors (Lipinski definition) is 2. The predicted molar refractivity (Wildman–Crippen MR) is 88.6 cm³/mol. The van der Waals surface area contributed by atoms with Crippen LogP contribution in [0.5, 0.6) is 5.75 Å². The number of rotatable bonds is 4. The van der Waals surface area contributed by atoms with Crippen molar-refractivity contribution in [2.45, 2.75) is 6.54 Å². The Hall–Kier alpha value is -2.21. The summed E-state index contributed by atoms with van der Waals surface area (Å²) in [4.78, 5) is 2.06. The van der Waals surface area contributed by atoms with Crippen molar-refractivity contribution in [3.8, 4) is 5.75 Å². The molecule has 0 amide bonds. The van der Waals surface area contributed by atoms with Gasteiger partial charge in [-0.25, -0.2) is 8.78 Å². The van der Waals surface area contributed by atoms with E-state index in [0.717, 1.165) is 28.8 Å². The van der Waals surface area contributed by atoms with E-state index < -0.39 is 11.6 Å². The molecule has 0 saturated heterocycles. The number of nitrogens with zero attached hydrogens (tertiary/aromatic N) is 1. The molecule has 3 rings (SSSR count). The van der Waals surface area contributed by atoms with Crippen LogP contribution in [0.25, 0.3) is 0 Å². The molecule has 0 atom stereocenters. The summed E-state index contributed by atoms with van der Waals surface area (Å²) in [5, 5.41) is 6.09. The lowest BCUT2D eigenvalue weighted by Crippen LogP contribution is -2.18. The van der Waals surface area contributed by atoms with Crippen LogP contribution < -0.4 is 20.3 Å². The van der Waals surface area contributed by atoms with Gasteiger partial charge in [0.2, 0.25) is 0 Å². The van der Waals surface area contributed by atoms with Crippen LogP contribution in [-0.2, 0) is 6.54 Å². The molecule has 0 bridgehead atoms. The van der Waals surface area contributed by atoms with Gasteiger partial charge in [0.05, 0.1) is 30.2 Å². The number of fused-ring (bicyclic) bond motifs is 1. The third-order valence-corrected chi connectivity index (χ3v) is 4.08. The summed E-state index contributed by atoms with van der Waals surface area (Å²) >= 11 is 5.68. The zero-order valence-electron chi connectivity index (χ0n) is 12.7. The number of hydrogen-bond acceptors (Lipinski definition) is 4. The Morgan fingerprint density at radius 2 is 2.13 bits per heavy atom. The topological polar surface area (TPSA) is 36.5 Å². The van der Waals surface area contributed by atoms with Crippen LogP contribution in [0.3, 0.4) is 0 Å². The van der Waals surface area contributed by atoms with Crippen LogP contribution in [-0.4, -0.2) is 20.8 Å². The van der Waals surface area contributed by atoms with Gasteiger partial charge in [0.15, 0.2) is 11.6 Å². The summed E-state index contributed by atoms with van der Waals surface area (Å²) in [7, 11) is 3.57. The molecule has 0 unspecified atom stereocenters. The average Bonchev–Trinajstić information content (AvgIpc) is 2.91. The number of halogens is 3. The standard InChI is InChI=1S/C16H16ClF2N3O/c1-22-8-21-13-3-4-14(23-2)10(16(13)22)7-20-9-5-11(17)15(19)12(18)6-9/h3-6,20-21H,7-8H2,1-2H3. The van der Waals surface area contributed by atoms with Crippen LogP contribution in [0.15, 0.2) is 24.3 Å². The molecular formula is C16H16ClF2N3O. The Morgan fingerprint density at radius 1 is 1.35 bits per heavy atom. The number of methoxy groups -OCH3 is 1. The van der Waals surface area contributed by atoms with Gasteiger partial charge in [-0.1, -0.05) is 11.6 Å². The van der Waals surface area contributed by atoms with Crippen LogP contribution in [0.1, 0.15) is 5.56 Å². The summed E-state index contributed by atoms with van der Waals surface area (Å²) < 4.78 is 32.1. The van der Waals surface area contributed by atoms with Crippen molar-refractivity contribution in [1.82, 2.24) is 0 Å². The molecule has 0 spiro atoms. The third-order valence-electron chi connectivity index (χ3n) is 3.80. The van der Waals surface area contributed by atoms with Crippen molar-refractivity contribution in [2.24, 2.45) is 0 Å². The monoisotopic (exact) mass is 339 g/mol. The quantitative estimate of drug-likeness (QED) is 0.824. The second kappa shape index (κ2) is 6.12. The highest BCUT2D eigenvalue weighted by molar-refractivity contribution is 6.31. The van der Waals surface area contributed by atoms with Gasteiger partial charge >= 0.3 is 0 Å². The summed E-state index contributed by atoms with van der Waals surface area (Å²) in [6.07, 6.45) is 0. The molecule has 0 aromatic heterocycles. The number of benzene rings is 2. The van der Waals surface area contributed by atoms with Crippen LogP contribution in [0.2, 0.25) is 5.02 Å². The van der Waals surface area contributed by atoms with Gasteiger partial charge in [0.25, 0.3) is 0 Å². The summed E-state index contributed by atoms with van der Waals surface area (Å²) in [6, 6.07) is 6.27. The first kappa shape index (κ1) is 15.7. The first-order valence-corrected chi connectivity index (χ1v) is 7.42. The maximum absolute atomic E-state index is 13.5. The van der Waals surface area contributed by atoms with Gasteiger partial charge in [0.1, 0.15) is 5.75 Å². The molecule has 0 aliphatic carbocycles. The molecule has 23 heavy (non-hydrogen) atoms. The van der Waals surface area contributed by atoms with E-state index in [1.807, 2.05) is 19.2 Å². The highest BCUT2D eigenvalue weighted by Gasteiger charge is 2.22. The zero-order chi connectivity index (χ0) is 16.6. The molecule has 0 radical (unpaired) electrons. The second-order valence-electron chi connectivity index (χ2n) is 5.28. The van der Waals surface area contributed by atoms with Crippen LogP contribution in [0.4, 0.5) is 25.8 Å². The average molecular weight is 340 g/mol. The van der Waals surface area contributed by atoms with Gasteiger partial charge in [-0.15, -0.1) is 0 Å². The maximum Gasteiger partial charge on any atom is 0.177 e. The highest BCUT2D eigenvalue weighted by atomic mass is 35.5. The van der Waals surface area contributed by atoms with Gasteiger partial charge in [-0.2, -0.15) is 0 Å². The minimum atomic E-state index is -1.04. The molecule has 1 heterocycles. The molecule has 2 N–H and O–H groups in total. The van der Waals surface area contributed by atoms with Gasteiger partial charge < -0.3 is 20.3 Å². The fourth-order valence-electron chi connectivity index (χ4n) is 2.69. The van der Waals surface area contributed by atoms with Crippen molar-refractivity contribution in [1.29, 1.82) is 0 Å². The van der Waals surface area contributed by atoms with Gasteiger partial charge in [0, 0.05) is 30.9 Å². The largest absolute Gasteiger partial charge is 0.496 e. The molecule has 2 aromatic carbocycles. The number of ether oxygens (including phenoxy) is 1. The summed E-state index contributed by atoms with van der Waals surface area (Å²) in [5.41, 5.74) is 3.36. The molecule has 4 nitrogen and oxygen atoms in total.